The summed E-state index contributed by atoms with van der Waals surface area (Å²) in [6.07, 6.45) is 5.18. The third-order valence-electron chi connectivity index (χ3n) is 2.70. The number of hydrogen-bond acceptors (Lipinski definition) is 4. The fraction of sp³-hybridized carbons (Fsp3) is 0.286. The Balaban J connectivity index is 2.30. The molecule has 0 bridgehead atoms. The average molecular weight is 243 g/mol. The van der Waals surface area contributed by atoms with E-state index in [0.717, 1.165) is 16.9 Å². The van der Waals surface area contributed by atoms with Crippen molar-refractivity contribution in [2.75, 3.05) is 13.7 Å². The highest BCUT2D eigenvalue weighted by Crippen LogP contribution is 2.23. The molecule has 0 spiro atoms. The van der Waals surface area contributed by atoms with E-state index in [-0.39, 0.29) is 6.04 Å². The Labute approximate surface area is 107 Å². The van der Waals surface area contributed by atoms with Crippen LogP contribution in [0, 0.1) is 0 Å². The van der Waals surface area contributed by atoms with Crippen LogP contribution in [0.5, 0.6) is 5.75 Å². The minimum atomic E-state index is 0.0756. The lowest BCUT2D eigenvalue weighted by atomic mass is 10.0. The van der Waals surface area contributed by atoms with Gasteiger partial charge in [0.15, 0.2) is 0 Å². The molecule has 0 amide bonds. The highest BCUT2D eigenvalue weighted by atomic mass is 16.5. The van der Waals surface area contributed by atoms with E-state index in [1.807, 2.05) is 44.6 Å². The van der Waals surface area contributed by atoms with Crippen LogP contribution in [0.1, 0.15) is 24.1 Å². The molecule has 1 heterocycles. The van der Waals surface area contributed by atoms with Gasteiger partial charge in [0.25, 0.3) is 0 Å². The minimum absolute atomic E-state index is 0.0756. The number of benzene rings is 1. The van der Waals surface area contributed by atoms with Crippen molar-refractivity contribution >= 4 is 0 Å². The maximum absolute atomic E-state index is 5.52. The molecule has 0 radical (unpaired) electrons. The SMILES string of the molecule is CCOc1cccc(C(NC)c2cncnc2)c1. The van der Waals surface area contributed by atoms with Gasteiger partial charge in [-0.05, 0) is 31.7 Å². The van der Waals surface area contributed by atoms with Crippen molar-refractivity contribution in [1.29, 1.82) is 0 Å². The van der Waals surface area contributed by atoms with Crippen LogP contribution in [0.2, 0.25) is 0 Å². The molecule has 0 aliphatic rings. The fourth-order valence-electron chi connectivity index (χ4n) is 1.94. The van der Waals surface area contributed by atoms with Crippen LogP contribution >= 0.6 is 0 Å². The zero-order valence-electron chi connectivity index (χ0n) is 10.6. The Kier molecular flexibility index (Phi) is 4.25. The molecule has 1 aromatic carbocycles. The van der Waals surface area contributed by atoms with Crippen LogP contribution in [-0.4, -0.2) is 23.6 Å². The molecule has 0 aliphatic carbocycles. The van der Waals surface area contributed by atoms with Crippen molar-refractivity contribution in [3.8, 4) is 5.75 Å². The normalized spacial score (nSPS) is 12.1. The molecule has 1 atom stereocenters. The Bertz CT molecular complexity index is 487. The van der Waals surface area contributed by atoms with Crippen LogP contribution in [0.15, 0.2) is 43.0 Å². The lowest BCUT2D eigenvalue weighted by Gasteiger charge is -2.17. The molecule has 0 fully saturated rings. The van der Waals surface area contributed by atoms with E-state index in [2.05, 4.69) is 21.4 Å². The summed E-state index contributed by atoms with van der Waals surface area (Å²) in [5.41, 5.74) is 2.17. The predicted molar refractivity (Wildman–Crippen MR) is 70.5 cm³/mol. The molecule has 0 saturated heterocycles. The van der Waals surface area contributed by atoms with E-state index in [9.17, 15) is 0 Å². The molecule has 1 N–H and O–H groups in total. The summed E-state index contributed by atoms with van der Waals surface area (Å²) in [6, 6.07) is 8.14. The van der Waals surface area contributed by atoms with Gasteiger partial charge in [-0.1, -0.05) is 12.1 Å². The molecule has 1 unspecified atom stereocenters. The molecule has 2 rings (SSSR count). The molecular formula is C14H17N3O. The van der Waals surface area contributed by atoms with Gasteiger partial charge >= 0.3 is 0 Å². The van der Waals surface area contributed by atoms with Gasteiger partial charge in [-0.2, -0.15) is 0 Å². The summed E-state index contributed by atoms with van der Waals surface area (Å²) in [4.78, 5) is 8.11. The number of hydrogen-bond donors (Lipinski definition) is 1. The third-order valence-corrected chi connectivity index (χ3v) is 2.70. The smallest absolute Gasteiger partial charge is 0.119 e. The fourth-order valence-corrected chi connectivity index (χ4v) is 1.94. The maximum atomic E-state index is 5.52. The van der Waals surface area contributed by atoms with Gasteiger partial charge in [-0.3, -0.25) is 0 Å². The maximum Gasteiger partial charge on any atom is 0.119 e. The van der Waals surface area contributed by atoms with E-state index in [0.29, 0.717) is 6.61 Å². The summed E-state index contributed by atoms with van der Waals surface area (Å²) in [6.45, 7) is 2.65. The van der Waals surface area contributed by atoms with E-state index in [1.165, 1.54) is 6.33 Å². The molecule has 18 heavy (non-hydrogen) atoms. The zero-order chi connectivity index (χ0) is 12.8. The summed E-state index contributed by atoms with van der Waals surface area (Å²) in [5.74, 6) is 0.882. The van der Waals surface area contributed by atoms with Gasteiger partial charge in [-0.15, -0.1) is 0 Å². The largest absolute Gasteiger partial charge is 0.494 e. The van der Waals surface area contributed by atoms with Gasteiger partial charge < -0.3 is 10.1 Å². The van der Waals surface area contributed by atoms with Gasteiger partial charge in [-0.25, -0.2) is 9.97 Å². The average Bonchev–Trinajstić information content (AvgIpc) is 2.42. The lowest BCUT2D eigenvalue weighted by Crippen LogP contribution is -2.18. The van der Waals surface area contributed by atoms with Crippen molar-refractivity contribution in [2.24, 2.45) is 0 Å². The van der Waals surface area contributed by atoms with Gasteiger partial charge in [0.2, 0.25) is 0 Å². The second-order valence-electron chi connectivity index (χ2n) is 3.90. The van der Waals surface area contributed by atoms with Gasteiger partial charge in [0, 0.05) is 18.0 Å². The van der Waals surface area contributed by atoms with Gasteiger partial charge in [0.05, 0.1) is 12.6 Å². The summed E-state index contributed by atoms with van der Waals surface area (Å²) < 4.78 is 5.52. The number of ether oxygens (including phenoxy) is 1. The Hall–Kier alpha value is -1.94. The van der Waals surface area contributed by atoms with Gasteiger partial charge in [0.1, 0.15) is 12.1 Å². The Morgan fingerprint density at radius 1 is 1.22 bits per heavy atom. The number of nitrogens with zero attached hydrogens (tertiary/aromatic N) is 2. The van der Waals surface area contributed by atoms with E-state index in [4.69, 9.17) is 4.74 Å². The summed E-state index contributed by atoms with van der Waals surface area (Å²) >= 11 is 0. The van der Waals surface area contributed by atoms with Crippen molar-refractivity contribution in [2.45, 2.75) is 13.0 Å². The first-order chi connectivity index (χ1) is 8.85. The topological polar surface area (TPSA) is 47.0 Å². The molecule has 2 aromatic rings. The van der Waals surface area contributed by atoms with Crippen LogP contribution in [0.25, 0.3) is 0 Å². The molecule has 1 aromatic heterocycles. The number of aromatic nitrogens is 2. The van der Waals surface area contributed by atoms with Crippen LogP contribution < -0.4 is 10.1 Å². The quantitative estimate of drug-likeness (QED) is 0.874. The standard InChI is InChI=1S/C14H17N3O/c1-3-18-13-6-4-5-11(7-13)14(15-2)12-8-16-10-17-9-12/h4-10,14-15H,3H2,1-2H3. The summed E-state index contributed by atoms with van der Waals surface area (Å²) in [5, 5.41) is 3.27. The van der Waals surface area contributed by atoms with Crippen molar-refractivity contribution in [3.05, 3.63) is 54.1 Å². The summed E-state index contributed by atoms with van der Waals surface area (Å²) in [7, 11) is 1.92. The zero-order valence-corrected chi connectivity index (χ0v) is 10.6. The van der Waals surface area contributed by atoms with E-state index in [1.54, 1.807) is 0 Å². The second kappa shape index (κ2) is 6.12. The highest BCUT2D eigenvalue weighted by molar-refractivity contribution is 5.35. The number of rotatable bonds is 5. The monoisotopic (exact) mass is 243 g/mol. The predicted octanol–water partition coefficient (Wildman–Crippen LogP) is 2.18. The molecule has 94 valence electrons. The Morgan fingerprint density at radius 2 is 2.00 bits per heavy atom. The van der Waals surface area contributed by atoms with Crippen molar-refractivity contribution in [3.63, 3.8) is 0 Å². The van der Waals surface area contributed by atoms with E-state index < -0.39 is 0 Å². The number of nitrogens with one attached hydrogen (secondary N) is 1. The van der Waals surface area contributed by atoms with Crippen LogP contribution in [-0.2, 0) is 0 Å². The first kappa shape index (κ1) is 12.5. The minimum Gasteiger partial charge on any atom is -0.494 e. The molecule has 4 heteroatoms. The highest BCUT2D eigenvalue weighted by Gasteiger charge is 2.12. The molecule has 4 nitrogen and oxygen atoms in total. The third kappa shape index (κ3) is 2.84. The molecular weight excluding hydrogens is 226 g/mol. The first-order valence-corrected chi connectivity index (χ1v) is 6.00. The van der Waals surface area contributed by atoms with E-state index >= 15 is 0 Å². The second-order valence-corrected chi connectivity index (χ2v) is 3.90. The van der Waals surface area contributed by atoms with Crippen molar-refractivity contribution in [1.82, 2.24) is 15.3 Å². The van der Waals surface area contributed by atoms with Crippen molar-refractivity contribution < 1.29 is 4.74 Å². The molecule has 0 saturated carbocycles. The Morgan fingerprint density at radius 3 is 2.67 bits per heavy atom. The first-order valence-electron chi connectivity index (χ1n) is 6.00. The van der Waals surface area contributed by atoms with Crippen LogP contribution in [0.3, 0.4) is 0 Å². The molecule has 0 aliphatic heterocycles. The van der Waals surface area contributed by atoms with Crippen LogP contribution in [0.4, 0.5) is 0 Å². The lowest BCUT2D eigenvalue weighted by molar-refractivity contribution is 0.339.